The van der Waals surface area contributed by atoms with Crippen molar-refractivity contribution >= 4 is 34.2 Å². The molecule has 1 aliphatic rings. The first-order chi connectivity index (χ1) is 14.0. The second-order valence-electron chi connectivity index (χ2n) is 7.53. The number of nitrogens with zero attached hydrogens (tertiary/aromatic N) is 2. The fraction of sp³-hybridized carbons (Fsp3) is 0.381. The van der Waals surface area contributed by atoms with Crippen molar-refractivity contribution in [3.63, 3.8) is 0 Å². The van der Waals surface area contributed by atoms with Crippen LogP contribution in [-0.4, -0.2) is 51.2 Å². The van der Waals surface area contributed by atoms with Gasteiger partial charge >= 0.3 is 0 Å². The smallest absolute Gasteiger partial charge is 0.196 e. The Labute approximate surface area is 173 Å². The molecule has 152 valence electrons. The third-order valence-corrected chi connectivity index (χ3v) is 5.83. The summed E-state index contributed by atoms with van der Waals surface area (Å²) in [6, 6.07) is 7.12. The van der Waals surface area contributed by atoms with Crippen molar-refractivity contribution in [3.8, 4) is 0 Å². The van der Waals surface area contributed by atoms with E-state index in [1.165, 1.54) is 6.33 Å². The molecule has 2 heterocycles. The van der Waals surface area contributed by atoms with Gasteiger partial charge in [0.1, 0.15) is 17.8 Å². The lowest BCUT2D eigenvalue weighted by atomic mass is 9.82. The lowest BCUT2D eigenvalue weighted by molar-refractivity contribution is -0.0572. The Morgan fingerprint density at radius 2 is 2.07 bits per heavy atom. The second-order valence-corrected chi connectivity index (χ2v) is 7.94. The molecule has 1 saturated carbocycles. The van der Waals surface area contributed by atoms with Gasteiger partial charge in [0.15, 0.2) is 5.78 Å². The number of carbonyl (C=O) groups is 1. The van der Waals surface area contributed by atoms with Crippen LogP contribution in [0, 0.1) is 0 Å². The molecule has 3 aromatic rings. The van der Waals surface area contributed by atoms with E-state index in [1.807, 2.05) is 0 Å². The van der Waals surface area contributed by atoms with Crippen LogP contribution in [0.25, 0.3) is 11.0 Å². The van der Waals surface area contributed by atoms with E-state index in [-0.39, 0.29) is 11.8 Å². The molecule has 29 heavy (non-hydrogen) atoms. The average Bonchev–Trinajstić information content (AvgIpc) is 3.15. The minimum Gasteiger partial charge on any atom is -0.387 e. The zero-order valence-corrected chi connectivity index (χ0v) is 16.9. The Morgan fingerprint density at radius 1 is 1.31 bits per heavy atom. The van der Waals surface area contributed by atoms with Crippen LogP contribution in [0.4, 0.5) is 5.82 Å². The Balaban J connectivity index is 1.61. The number of halogens is 1. The molecule has 2 aromatic heterocycles. The van der Waals surface area contributed by atoms with Crippen molar-refractivity contribution in [2.24, 2.45) is 0 Å². The number of aliphatic hydroxyl groups is 1. The number of aromatic nitrogens is 3. The second kappa shape index (κ2) is 8.10. The molecule has 8 heteroatoms. The van der Waals surface area contributed by atoms with Gasteiger partial charge in [-0.25, -0.2) is 9.97 Å². The summed E-state index contributed by atoms with van der Waals surface area (Å²) in [4.78, 5) is 24.8. The van der Waals surface area contributed by atoms with Gasteiger partial charge in [0, 0.05) is 24.9 Å². The molecule has 0 saturated heterocycles. The minimum absolute atomic E-state index is 0.142. The number of anilines is 1. The van der Waals surface area contributed by atoms with Gasteiger partial charge in [0.25, 0.3) is 0 Å². The highest BCUT2D eigenvalue weighted by atomic mass is 35.5. The fourth-order valence-corrected chi connectivity index (χ4v) is 4.17. The van der Waals surface area contributed by atoms with E-state index in [9.17, 15) is 9.90 Å². The number of H-pyrrole nitrogens is 1. The van der Waals surface area contributed by atoms with Crippen molar-refractivity contribution in [2.75, 3.05) is 19.0 Å². The summed E-state index contributed by atoms with van der Waals surface area (Å²) >= 11 is 6.22. The Hall–Kier alpha value is -2.48. The predicted octanol–water partition coefficient (Wildman–Crippen LogP) is 3.57. The largest absolute Gasteiger partial charge is 0.387 e. The number of nitrogens with one attached hydrogen (secondary N) is 2. The molecule has 0 aliphatic heterocycles. The van der Waals surface area contributed by atoms with Crippen molar-refractivity contribution < 1.29 is 14.6 Å². The predicted molar refractivity (Wildman–Crippen MR) is 111 cm³/mol. The van der Waals surface area contributed by atoms with Crippen LogP contribution in [0.3, 0.4) is 0 Å². The number of hydrogen-bond acceptors (Lipinski definition) is 6. The Kier molecular flexibility index (Phi) is 5.54. The van der Waals surface area contributed by atoms with E-state index in [0.29, 0.717) is 52.4 Å². The van der Waals surface area contributed by atoms with Crippen LogP contribution in [0.2, 0.25) is 5.02 Å². The van der Waals surface area contributed by atoms with E-state index >= 15 is 0 Å². The van der Waals surface area contributed by atoms with E-state index < -0.39 is 5.60 Å². The average molecular weight is 415 g/mol. The molecule has 0 amide bonds. The highest BCUT2D eigenvalue weighted by Crippen LogP contribution is 2.33. The lowest BCUT2D eigenvalue weighted by Crippen LogP contribution is -2.41. The van der Waals surface area contributed by atoms with Crippen LogP contribution in [0.1, 0.15) is 41.6 Å². The fourth-order valence-electron chi connectivity index (χ4n) is 3.95. The molecule has 1 fully saturated rings. The third kappa shape index (κ3) is 3.99. The van der Waals surface area contributed by atoms with E-state index in [0.717, 1.165) is 12.8 Å². The maximum Gasteiger partial charge on any atom is 0.196 e. The number of rotatable bonds is 6. The van der Waals surface area contributed by atoms with Crippen LogP contribution >= 0.6 is 11.6 Å². The Bertz CT molecular complexity index is 1030. The summed E-state index contributed by atoms with van der Waals surface area (Å²) in [6.07, 6.45) is 5.97. The van der Waals surface area contributed by atoms with E-state index in [2.05, 4.69) is 20.3 Å². The van der Waals surface area contributed by atoms with Crippen molar-refractivity contribution in [1.29, 1.82) is 0 Å². The summed E-state index contributed by atoms with van der Waals surface area (Å²) in [5, 5.41) is 15.0. The number of benzene rings is 1. The first-order valence-electron chi connectivity index (χ1n) is 9.60. The van der Waals surface area contributed by atoms with Gasteiger partial charge in [-0.05, 0) is 37.8 Å². The summed E-state index contributed by atoms with van der Waals surface area (Å²) in [7, 11) is 1.60. The number of ether oxygens (including phenoxy) is 1. The third-order valence-electron chi connectivity index (χ3n) is 5.50. The van der Waals surface area contributed by atoms with Crippen LogP contribution in [-0.2, 0) is 4.74 Å². The SMILES string of the molecule is COC[C@]1(O)CC[C@H](Nc2ncnc3[nH]cc(C(=O)c4ccccc4Cl)c23)CC1. The molecule has 0 radical (unpaired) electrons. The van der Waals surface area contributed by atoms with Crippen LogP contribution < -0.4 is 5.32 Å². The molecule has 0 unspecified atom stereocenters. The number of methoxy groups -OCH3 is 1. The monoisotopic (exact) mass is 414 g/mol. The minimum atomic E-state index is -0.771. The molecule has 1 aliphatic carbocycles. The first-order valence-corrected chi connectivity index (χ1v) is 9.98. The van der Waals surface area contributed by atoms with Gasteiger partial charge in [0.2, 0.25) is 0 Å². The maximum absolute atomic E-state index is 13.1. The molecular weight excluding hydrogens is 392 g/mol. The summed E-state index contributed by atoms with van der Waals surface area (Å²) < 4.78 is 5.14. The zero-order valence-electron chi connectivity index (χ0n) is 16.1. The first kappa shape index (κ1) is 19.8. The zero-order chi connectivity index (χ0) is 20.4. The van der Waals surface area contributed by atoms with Gasteiger partial charge in [0.05, 0.1) is 28.2 Å². The summed E-state index contributed by atoms with van der Waals surface area (Å²) in [5.41, 5.74) is 0.729. The lowest BCUT2D eigenvalue weighted by Gasteiger charge is -2.36. The van der Waals surface area contributed by atoms with Crippen LogP contribution in [0.5, 0.6) is 0 Å². The van der Waals surface area contributed by atoms with Crippen molar-refractivity contribution in [3.05, 3.63) is 52.9 Å². The van der Waals surface area contributed by atoms with Gasteiger partial charge in [-0.2, -0.15) is 0 Å². The van der Waals surface area contributed by atoms with Gasteiger partial charge < -0.3 is 20.1 Å². The molecular formula is C21H23ClN4O3. The molecule has 0 bridgehead atoms. The van der Waals surface area contributed by atoms with Crippen molar-refractivity contribution in [2.45, 2.75) is 37.3 Å². The van der Waals surface area contributed by atoms with Gasteiger partial charge in [-0.1, -0.05) is 23.7 Å². The Morgan fingerprint density at radius 3 is 2.79 bits per heavy atom. The molecule has 0 atom stereocenters. The molecule has 3 N–H and O–H groups in total. The number of ketones is 1. The van der Waals surface area contributed by atoms with E-state index in [4.69, 9.17) is 16.3 Å². The molecule has 4 rings (SSSR count). The standard InChI is InChI=1S/C21H23ClN4O3/c1-29-11-21(28)8-6-13(7-9-21)26-20-17-15(10-23-19(17)24-12-25-20)18(27)14-4-2-3-5-16(14)22/h2-5,10,12-13,28H,6-9,11H2,1H3,(H2,23,24,25,26)/t13-,21-. The van der Waals surface area contributed by atoms with Crippen molar-refractivity contribution in [1.82, 2.24) is 15.0 Å². The van der Waals surface area contributed by atoms with E-state index in [1.54, 1.807) is 37.6 Å². The highest BCUT2D eigenvalue weighted by Gasteiger charge is 2.33. The van der Waals surface area contributed by atoms with Crippen LogP contribution in [0.15, 0.2) is 36.8 Å². The number of aromatic amines is 1. The quantitative estimate of drug-likeness (QED) is 0.533. The number of carbonyl (C=O) groups excluding carboxylic acids is 1. The van der Waals surface area contributed by atoms with Gasteiger partial charge in [-0.15, -0.1) is 0 Å². The molecule has 1 aromatic carbocycles. The highest BCUT2D eigenvalue weighted by molar-refractivity contribution is 6.35. The normalized spacial score (nSPS) is 22.0. The molecule has 7 nitrogen and oxygen atoms in total. The van der Waals surface area contributed by atoms with Gasteiger partial charge in [-0.3, -0.25) is 4.79 Å². The molecule has 0 spiro atoms. The summed E-state index contributed by atoms with van der Waals surface area (Å²) in [5.74, 6) is 0.423. The maximum atomic E-state index is 13.1. The number of hydrogen-bond donors (Lipinski definition) is 3. The number of fused-ring (bicyclic) bond motifs is 1. The topological polar surface area (TPSA) is 100 Å². The summed E-state index contributed by atoms with van der Waals surface area (Å²) in [6.45, 7) is 0.339.